The average Bonchev–Trinajstić information content (AvgIpc) is 3.56. The summed E-state index contributed by atoms with van der Waals surface area (Å²) < 4.78 is 6.13. The Kier molecular flexibility index (Phi) is 3.85. The molecule has 0 atom stereocenters. The highest BCUT2D eigenvalue weighted by atomic mass is 32.1. The van der Waals surface area contributed by atoms with Gasteiger partial charge in [0, 0.05) is 43.0 Å². The third-order valence-corrected chi connectivity index (χ3v) is 8.30. The van der Waals surface area contributed by atoms with Crippen molar-refractivity contribution in [2.24, 2.45) is 0 Å². The summed E-state index contributed by atoms with van der Waals surface area (Å²) in [6.45, 7) is 0. The molecule has 0 aliphatic rings. The number of para-hydroxylation sites is 3. The Labute approximate surface area is 205 Å². The van der Waals surface area contributed by atoms with Crippen LogP contribution in [0.4, 0.5) is 0 Å². The summed E-state index contributed by atoms with van der Waals surface area (Å²) in [6.07, 6.45) is 0. The summed E-state index contributed by atoms with van der Waals surface area (Å²) in [5.74, 6) is 0. The number of aromatic nitrogens is 2. The van der Waals surface area contributed by atoms with Gasteiger partial charge >= 0.3 is 0 Å². The molecule has 0 unspecified atom stereocenters. The summed E-state index contributed by atoms with van der Waals surface area (Å²) in [5.41, 5.74) is 6.09. The molecule has 0 saturated carbocycles. The maximum atomic E-state index is 2.42. The molecule has 0 amide bonds. The monoisotopic (exact) mass is 464 g/mol. The first-order chi connectivity index (χ1) is 17.4. The summed E-state index contributed by atoms with van der Waals surface area (Å²) in [7, 11) is 0. The fourth-order valence-corrected chi connectivity index (χ4v) is 6.90. The molecule has 0 aliphatic carbocycles. The Morgan fingerprint density at radius 2 is 0.857 bits per heavy atom. The fourth-order valence-electron chi connectivity index (χ4n) is 5.65. The minimum Gasteiger partial charge on any atom is -0.309 e. The van der Waals surface area contributed by atoms with Crippen molar-refractivity contribution in [3.63, 3.8) is 0 Å². The number of rotatable bonds is 2. The van der Waals surface area contributed by atoms with Crippen molar-refractivity contribution >= 4 is 64.3 Å². The van der Waals surface area contributed by atoms with Crippen LogP contribution in [0.25, 0.3) is 64.4 Å². The maximum absolute atomic E-state index is 2.42. The Morgan fingerprint density at radius 1 is 0.400 bits per heavy atom. The zero-order valence-electron chi connectivity index (χ0n) is 18.8. The van der Waals surface area contributed by atoms with E-state index in [4.69, 9.17) is 0 Å². The molecule has 5 aromatic carbocycles. The Bertz CT molecular complexity index is 2000. The number of hydrogen-bond acceptors (Lipinski definition) is 1. The van der Waals surface area contributed by atoms with E-state index in [2.05, 4.69) is 130 Å². The van der Waals surface area contributed by atoms with E-state index in [0.717, 1.165) is 0 Å². The molecule has 8 rings (SSSR count). The SMILES string of the molecule is c1ccc2c(c1)sc1c2c2ccccc2n1-c1ccc(-n2c3ccccc3c3ccccc32)cc1. The van der Waals surface area contributed by atoms with E-state index < -0.39 is 0 Å². The van der Waals surface area contributed by atoms with Crippen LogP contribution in [0.5, 0.6) is 0 Å². The summed E-state index contributed by atoms with van der Waals surface area (Å²) >= 11 is 1.87. The van der Waals surface area contributed by atoms with E-state index >= 15 is 0 Å². The third kappa shape index (κ3) is 2.59. The Hall–Kier alpha value is -4.34. The standard InChI is InChI=1S/C32H20N2S/c1-5-13-27-23(9-1)24-10-2-6-14-28(24)33(27)21-17-19-22(20-18-21)34-29-15-7-3-11-25(29)31-26-12-4-8-16-30(26)35-32(31)34/h1-20H. The van der Waals surface area contributed by atoms with Gasteiger partial charge in [-0.15, -0.1) is 11.3 Å². The normalized spacial score (nSPS) is 12.0. The topological polar surface area (TPSA) is 9.86 Å². The van der Waals surface area contributed by atoms with Gasteiger partial charge in [0.05, 0.1) is 16.6 Å². The van der Waals surface area contributed by atoms with Crippen molar-refractivity contribution in [2.45, 2.75) is 0 Å². The molecule has 0 fully saturated rings. The van der Waals surface area contributed by atoms with Crippen molar-refractivity contribution in [1.29, 1.82) is 0 Å². The van der Waals surface area contributed by atoms with Gasteiger partial charge in [-0.05, 0) is 48.5 Å². The Morgan fingerprint density at radius 3 is 1.49 bits per heavy atom. The van der Waals surface area contributed by atoms with Gasteiger partial charge in [0.25, 0.3) is 0 Å². The molecule has 0 aliphatic heterocycles. The van der Waals surface area contributed by atoms with E-state index in [1.807, 2.05) is 11.3 Å². The molecule has 0 radical (unpaired) electrons. The molecule has 3 heterocycles. The second kappa shape index (κ2) is 7.08. The van der Waals surface area contributed by atoms with Gasteiger partial charge in [-0.25, -0.2) is 0 Å². The van der Waals surface area contributed by atoms with Crippen molar-refractivity contribution in [3.05, 3.63) is 121 Å². The molecule has 2 nitrogen and oxygen atoms in total. The summed E-state index contributed by atoms with van der Waals surface area (Å²) in [5, 5.41) is 6.58. The van der Waals surface area contributed by atoms with Crippen LogP contribution in [0.1, 0.15) is 0 Å². The van der Waals surface area contributed by atoms with Crippen LogP contribution in [0, 0.1) is 0 Å². The number of fused-ring (bicyclic) bond motifs is 8. The zero-order chi connectivity index (χ0) is 22.9. The van der Waals surface area contributed by atoms with Crippen LogP contribution in [-0.4, -0.2) is 9.13 Å². The molecular weight excluding hydrogens is 444 g/mol. The van der Waals surface area contributed by atoms with Gasteiger partial charge in [0.2, 0.25) is 0 Å². The molecule has 0 saturated heterocycles. The van der Waals surface area contributed by atoms with Crippen LogP contribution in [0.2, 0.25) is 0 Å². The quantitative estimate of drug-likeness (QED) is 0.241. The molecule has 3 aromatic heterocycles. The predicted octanol–water partition coefficient (Wildman–Crippen LogP) is 9.10. The van der Waals surface area contributed by atoms with Crippen molar-refractivity contribution in [1.82, 2.24) is 9.13 Å². The summed E-state index contributed by atoms with van der Waals surface area (Å²) in [6, 6.07) is 43.9. The first kappa shape index (κ1) is 19.0. The average molecular weight is 465 g/mol. The molecule has 35 heavy (non-hydrogen) atoms. The van der Waals surface area contributed by atoms with Crippen LogP contribution in [0.3, 0.4) is 0 Å². The highest BCUT2D eigenvalue weighted by molar-refractivity contribution is 7.25. The second-order valence-corrected chi connectivity index (χ2v) is 10.0. The second-order valence-electron chi connectivity index (χ2n) is 9.02. The number of nitrogens with zero attached hydrogens (tertiary/aromatic N) is 2. The first-order valence-corrected chi connectivity index (χ1v) is 12.7. The number of thiophene rings is 1. The van der Waals surface area contributed by atoms with Crippen LogP contribution < -0.4 is 0 Å². The predicted molar refractivity (Wildman–Crippen MR) is 151 cm³/mol. The first-order valence-electron chi connectivity index (χ1n) is 11.9. The zero-order valence-corrected chi connectivity index (χ0v) is 19.7. The lowest BCUT2D eigenvalue weighted by molar-refractivity contribution is 1.15. The van der Waals surface area contributed by atoms with Gasteiger partial charge in [-0.3, -0.25) is 0 Å². The molecule has 3 heteroatoms. The number of benzene rings is 5. The van der Waals surface area contributed by atoms with Crippen LogP contribution in [0.15, 0.2) is 121 Å². The Balaban J connectivity index is 1.38. The largest absolute Gasteiger partial charge is 0.309 e. The van der Waals surface area contributed by atoms with E-state index in [9.17, 15) is 0 Å². The maximum Gasteiger partial charge on any atom is 0.109 e. The molecule has 0 bridgehead atoms. The summed E-state index contributed by atoms with van der Waals surface area (Å²) in [4.78, 5) is 1.30. The lowest BCUT2D eigenvalue weighted by Gasteiger charge is -2.11. The lowest BCUT2D eigenvalue weighted by Crippen LogP contribution is -1.96. The third-order valence-electron chi connectivity index (χ3n) is 7.14. The molecule has 0 N–H and O–H groups in total. The molecule has 8 aromatic rings. The molecule has 0 spiro atoms. The van der Waals surface area contributed by atoms with E-state index in [1.165, 1.54) is 64.4 Å². The van der Waals surface area contributed by atoms with E-state index in [0.29, 0.717) is 0 Å². The van der Waals surface area contributed by atoms with E-state index in [1.54, 1.807) is 0 Å². The van der Waals surface area contributed by atoms with Crippen molar-refractivity contribution in [2.75, 3.05) is 0 Å². The van der Waals surface area contributed by atoms with Crippen LogP contribution >= 0.6 is 11.3 Å². The lowest BCUT2D eigenvalue weighted by atomic mass is 10.1. The van der Waals surface area contributed by atoms with Crippen LogP contribution in [-0.2, 0) is 0 Å². The van der Waals surface area contributed by atoms with Crippen molar-refractivity contribution in [3.8, 4) is 11.4 Å². The van der Waals surface area contributed by atoms with Gasteiger partial charge in [0.15, 0.2) is 0 Å². The number of hydrogen-bond donors (Lipinski definition) is 0. The molecular formula is C32H20N2S. The van der Waals surface area contributed by atoms with Gasteiger partial charge in [-0.1, -0.05) is 72.8 Å². The molecule has 164 valence electrons. The highest BCUT2D eigenvalue weighted by Gasteiger charge is 2.17. The van der Waals surface area contributed by atoms with Gasteiger partial charge < -0.3 is 9.13 Å². The minimum absolute atomic E-state index is 1.18. The van der Waals surface area contributed by atoms with E-state index in [-0.39, 0.29) is 0 Å². The van der Waals surface area contributed by atoms with Gasteiger partial charge in [-0.2, -0.15) is 0 Å². The highest BCUT2D eigenvalue weighted by Crippen LogP contribution is 2.42. The fraction of sp³-hybridized carbons (Fsp3) is 0. The van der Waals surface area contributed by atoms with Gasteiger partial charge in [0.1, 0.15) is 4.83 Å². The smallest absolute Gasteiger partial charge is 0.109 e. The minimum atomic E-state index is 1.18. The van der Waals surface area contributed by atoms with Crippen molar-refractivity contribution < 1.29 is 0 Å².